The summed E-state index contributed by atoms with van der Waals surface area (Å²) in [5.41, 5.74) is 7.50. The van der Waals surface area contributed by atoms with E-state index in [1.54, 1.807) is 18.2 Å². The summed E-state index contributed by atoms with van der Waals surface area (Å²) in [7, 11) is 0. The topological polar surface area (TPSA) is 113 Å². The quantitative estimate of drug-likeness (QED) is 0.391. The molecule has 0 saturated carbocycles. The second-order valence-corrected chi connectivity index (χ2v) is 4.83. The monoisotopic (exact) mass is 287 g/mol. The van der Waals surface area contributed by atoms with Crippen LogP contribution in [-0.4, -0.2) is 16.8 Å². The number of hydrogen-bond donors (Lipinski definition) is 4. The van der Waals surface area contributed by atoms with Crippen LogP contribution in [0, 0.1) is 5.41 Å². The van der Waals surface area contributed by atoms with Gasteiger partial charge in [-0.2, -0.15) is 0 Å². The minimum atomic E-state index is -1.05. The number of rotatable bonds is 4. The Hall–Kier alpha value is -2.31. The molecule has 0 amide bonds. The predicted octanol–water partition coefficient (Wildman–Crippen LogP) is 2.35. The van der Waals surface area contributed by atoms with Crippen LogP contribution in [0.1, 0.15) is 21.5 Å². The molecule has 0 bridgehead atoms. The molecular weight excluding hydrogens is 274 g/mol. The highest BCUT2D eigenvalue weighted by molar-refractivity contribution is 7.97. The Morgan fingerprint density at radius 1 is 1.15 bits per heavy atom. The summed E-state index contributed by atoms with van der Waals surface area (Å²) >= 11 is 1.09. The standard InChI is InChI=1S/C14H13N3O2S/c15-12-5-4-9(14(18)19)7-11(12)13(16)8-2-1-3-10(6-8)20-17/h1-7,16H,15,17H2,(H,18,19). The first-order valence-electron chi connectivity index (χ1n) is 5.72. The van der Waals surface area contributed by atoms with Crippen molar-refractivity contribution in [2.75, 3.05) is 5.73 Å². The number of benzene rings is 2. The van der Waals surface area contributed by atoms with E-state index in [4.69, 9.17) is 21.4 Å². The summed E-state index contributed by atoms with van der Waals surface area (Å²) in [5, 5.41) is 22.7. The number of aromatic carboxylic acids is 1. The SMILES string of the molecule is N=C(c1cccc(SN)c1)c1cc(C(=O)O)ccc1N. The number of carboxylic acids is 1. The van der Waals surface area contributed by atoms with Gasteiger partial charge in [-0.15, -0.1) is 0 Å². The zero-order valence-corrected chi connectivity index (χ0v) is 11.3. The molecule has 2 aromatic rings. The van der Waals surface area contributed by atoms with Crippen LogP contribution in [0.15, 0.2) is 47.4 Å². The van der Waals surface area contributed by atoms with Crippen LogP contribution >= 0.6 is 11.9 Å². The van der Waals surface area contributed by atoms with Crippen molar-refractivity contribution in [3.05, 3.63) is 59.2 Å². The van der Waals surface area contributed by atoms with E-state index < -0.39 is 5.97 Å². The molecule has 102 valence electrons. The molecule has 0 aliphatic carbocycles. The normalized spacial score (nSPS) is 10.2. The molecule has 0 aliphatic heterocycles. The van der Waals surface area contributed by atoms with Crippen LogP contribution in [-0.2, 0) is 0 Å². The van der Waals surface area contributed by atoms with E-state index in [-0.39, 0.29) is 11.3 Å². The Balaban J connectivity index is 2.47. The third-order valence-electron chi connectivity index (χ3n) is 2.83. The first-order valence-corrected chi connectivity index (χ1v) is 6.60. The molecule has 0 unspecified atom stereocenters. The molecule has 20 heavy (non-hydrogen) atoms. The first kappa shape index (κ1) is 14.1. The van der Waals surface area contributed by atoms with Gasteiger partial charge in [0.25, 0.3) is 0 Å². The minimum Gasteiger partial charge on any atom is -0.478 e. The van der Waals surface area contributed by atoms with Crippen LogP contribution in [0.25, 0.3) is 0 Å². The zero-order valence-electron chi connectivity index (χ0n) is 10.5. The summed E-state index contributed by atoms with van der Waals surface area (Å²) in [6, 6.07) is 11.5. The fraction of sp³-hybridized carbons (Fsp3) is 0. The van der Waals surface area contributed by atoms with Gasteiger partial charge in [0, 0.05) is 21.7 Å². The highest BCUT2D eigenvalue weighted by atomic mass is 32.2. The average Bonchev–Trinajstić information content (AvgIpc) is 2.46. The lowest BCUT2D eigenvalue weighted by atomic mass is 9.99. The minimum absolute atomic E-state index is 0.100. The van der Waals surface area contributed by atoms with Crippen molar-refractivity contribution in [1.29, 1.82) is 5.41 Å². The Labute approximate surface area is 120 Å². The van der Waals surface area contributed by atoms with Crippen LogP contribution in [0.4, 0.5) is 5.69 Å². The molecule has 0 heterocycles. The Morgan fingerprint density at radius 2 is 1.90 bits per heavy atom. The smallest absolute Gasteiger partial charge is 0.335 e. The molecule has 0 aromatic heterocycles. The van der Waals surface area contributed by atoms with Crippen molar-refractivity contribution in [3.63, 3.8) is 0 Å². The molecule has 0 saturated heterocycles. The second kappa shape index (κ2) is 5.77. The summed E-state index contributed by atoms with van der Waals surface area (Å²) < 4.78 is 0. The Kier molecular flexibility index (Phi) is 4.07. The highest BCUT2D eigenvalue weighted by Gasteiger charge is 2.12. The molecule has 0 aliphatic rings. The van der Waals surface area contributed by atoms with Crippen molar-refractivity contribution < 1.29 is 9.90 Å². The third-order valence-corrected chi connectivity index (χ3v) is 3.35. The van der Waals surface area contributed by atoms with E-state index in [1.165, 1.54) is 18.2 Å². The second-order valence-electron chi connectivity index (χ2n) is 4.13. The van der Waals surface area contributed by atoms with Crippen LogP contribution in [0.3, 0.4) is 0 Å². The van der Waals surface area contributed by atoms with Gasteiger partial charge in [0.05, 0.1) is 11.3 Å². The maximum Gasteiger partial charge on any atom is 0.335 e. The van der Waals surface area contributed by atoms with Gasteiger partial charge in [-0.25, -0.2) is 4.79 Å². The number of nitrogen functional groups attached to an aromatic ring is 1. The lowest BCUT2D eigenvalue weighted by molar-refractivity contribution is 0.0697. The van der Waals surface area contributed by atoms with E-state index in [2.05, 4.69) is 0 Å². The van der Waals surface area contributed by atoms with Gasteiger partial charge < -0.3 is 10.8 Å². The van der Waals surface area contributed by atoms with Crippen molar-refractivity contribution >= 4 is 29.3 Å². The molecule has 0 radical (unpaired) electrons. The van der Waals surface area contributed by atoms with Crippen molar-refractivity contribution in [2.45, 2.75) is 4.90 Å². The number of carbonyl (C=O) groups is 1. The summed E-state index contributed by atoms with van der Waals surface area (Å²) in [6.45, 7) is 0. The molecule has 0 atom stereocenters. The lowest BCUT2D eigenvalue weighted by Gasteiger charge is -2.09. The van der Waals surface area contributed by atoms with Gasteiger partial charge in [0.15, 0.2) is 0 Å². The molecule has 2 aromatic carbocycles. The van der Waals surface area contributed by atoms with E-state index in [0.717, 1.165) is 16.8 Å². The summed E-state index contributed by atoms with van der Waals surface area (Å²) in [6.07, 6.45) is 0. The van der Waals surface area contributed by atoms with Crippen LogP contribution in [0.5, 0.6) is 0 Å². The third kappa shape index (κ3) is 2.81. The number of anilines is 1. The lowest BCUT2D eigenvalue weighted by Crippen LogP contribution is -2.08. The number of nitrogens with one attached hydrogen (secondary N) is 1. The summed E-state index contributed by atoms with van der Waals surface area (Å²) in [4.78, 5) is 11.8. The molecule has 6 N–H and O–H groups in total. The van der Waals surface area contributed by atoms with Gasteiger partial charge in [-0.1, -0.05) is 12.1 Å². The Bertz CT molecular complexity index is 686. The first-order chi connectivity index (χ1) is 9.52. The molecule has 5 nitrogen and oxygen atoms in total. The molecular formula is C14H13N3O2S. The highest BCUT2D eigenvalue weighted by Crippen LogP contribution is 2.21. The van der Waals surface area contributed by atoms with E-state index in [9.17, 15) is 4.79 Å². The molecule has 2 rings (SSSR count). The van der Waals surface area contributed by atoms with Gasteiger partial charge >= 0.3 is 5.97 Å². The van der Waals surface area contributed by atoms with Crippen molar-refractivity contribution in [2.24, 2.45) is 5.14 Å². The molecule has 0 fully saturated rings. The summed E-state index contributed by atoms with van der Waals surface area (Å²) in [5.74, 6) is -1.05. The van der Waals surface area contributed by atoms with Gasteiger partial charge in [-0.3, -0.25) is 10.5 Å². The average molecular weight is 287 g/mol. The van der Waals surface area contributed by atoms with Crippen molar-refractivity contribution in [1.82, 2.24) is 0 Å². The number of hydrogen-bond acceptors (Lipinski definition) is 5. The number of nitrogens with two attached hydrogens (primary N) is 2. The van der Waals surface area contributed by atoms with Crippen molar-refractivity contribution in [3.8, 4) is 0 Å². The molecule has 0 spiro atoms. The molecule has 6 heteroatoms. The van der Waals surface area contributed by atoms with Gasteiger partial charge in [-0.05, 0) is 42.3 Å². The zero-order chi connectivity index (χ0) is 14.7. The van der Waals surface area contributed by atoms with Crippen LogP contribution < -0.4 is 10.9 Å². The number of carboxylic acid groups (broad SMARTS) is 1. The maximum atomic E-state index is 11.0. The maximum absolute atomic E-state index is 11.0. The van der Waals surface area contributed by atoms with E-state index in [1.807, 2.05) is 6.07 Å². The van der Waals surface area contributed by atoms with Gasteiger partial charge in [0.2, 0.25) is 0 Å². The fourth-order valence-electron chi connectivity index (χ4n) is 1.79. The van der Waals surface area contributed by atoms with Gasteiger partial charge in [0.1, 0.15) is 0 Å². The fourth-order valence-corrected chi connectivity index (χ4v) is 2.14. The van der Waals surface area contributed by atoms with Crippen LogP contribution in [0.2, 0.25) is 0 Å². The van der Waals surface area contributed by atoms with E-state index >= 15 is 0 Å². The largest absolute Gasteiger partial charge is 0.478 e. The van der Waals surface area contributed by atoms with E-state index in [0.29, 0.717) is 16.8 Å². The Morgan fingerprint density at radius 3 is 2.55 bits per heavy atom. The predicted molar refractivity (Wildman–Crippen MR) is 80.2 cm³/mol.